The summed E-state index contributed by atoms with van der Waals surface area (Å²) in [5.74, 6) is 0.490. The van der Waals surface area contributed by atoms with Gasteiger partial charge in [0.15, 0.2) is 0 Å². The predicted molar refractivity (Wildman–Crippen MR) is 53.2 cm³/mol. The second-order valence-corrected chi connectivity index (χ2v) is 3.30. The smallest absolute Gasteiger partial charge is 0.0656 e. The average molecular weight is 161 g/mol. The van der Waals surface area contributed by atoms with Gasteiger partial charge in [-0.25, -0.2) is 0 Å². The number of nitrogens with zero attached hydrogens (tertiary/aromatic N) is 1. The van der Waals surface area contributed by atoms with E-state index in [2.05, 4.69) is 37.5 Å². The minimum atomic E-state index is 0.490. The van der Waals surface area contributed by atoms with E-state index in [1.54, 1.807) is 6.08 Å². The van der Waals surface area contributed by atoms with Crippen LogP contribution in [0.15, 0.2) is 18.7 Å². The van der Waals surface area contributed by atoms with Crippen molar-refractivity contribution in [3.05, 3.63) is 35.7 Å². The van der Waals surface area contributed by atoms with E-state index in [9.17, 15) is 0 Å². The van der Waals surface area contributed by atoms with Gasteiger partial charge in [0.05, 0.1) is 5.69 Å². The Hall–Kier alpha value is -1.11. The molecule has 0 unspecified atom stereocenters. The van der Waals surface area contributed by atoms with E-state index >= 15 is 0 Å². The maximum Gasteiger partial charge on any atom is 0.0656 e. The molecule has 1 aromatic rings. The fraction of sp³-hybridized carbons (Fsp3) is 0.364. The van der Waals surface area contributed by atoms with Crippen LogP contribution in [-0.4, -0.2) is 4.98 Å². The highest BCUT2D eigenvalue weighted by Crippen LogP contribution is 2.14. The van der Waals surface area contributed by atoms with Crippen LogP contribution in [0.25, 0.3) is 6.08 Å². The molecule has 0 aliphatic rings. The molecular weight excluding hydrogens is 146 g/mol. The number of rotatable bonds is 2. The molecule has 12 heavy (non-hydrogen) atoms. The van der Waals surface area contributed by atoms with E-state index in [4.69, 9.17) is 0 Å². The molecule has 0 aliphatic heterocycles. The highest BCUT2D eigenvalue weighted by Gasteiger charge is 2.02. The first-order valence-electron chi connectivity index (χ1n) is 4.25. The SMILES string of the molecule is C=Cc1nc(C(C)C)ccc1C. The number of hydrogen-bond acceptors (Lipinski definition) is 1. The van der Waals surface area contributed by atoms with Crippen LogP contribution in [0.5, 0.6) is 0 Å². The van der Waals surface area contributed by atoms with Crippen molar-refractivity contribution in [3.63, 3.8) is 0 Å². The lowest BCUT2D eigenvalue weighted by atomic mass is 10.1. The molecule has 0 saturated carbocycles. The van der Waals surface area contributed by atoms with Crippen molar-refractivity contribution in [2.75, 3.05) is 0 Å². The second kappa shape index (κ2) is 3.53. The molecular formula is C11H15N. The molecule has 1 heterocycles. The lowest BCUT2D eigenvalue weighted by Gasteiger charge is -2.06. The Morgan fingerprint density at radius 2 is 2.08 bits per heavy atom. The highest BCUT2D eigenvalue weighted by molar-refractivity contribution is 5.46. The average Bonchev–Trinajstić information content (AvgIpc) is 2.05. The molecule has 0 aromatic carbocycles. The molecule has 0 atom stereocenters. The summed E-state index contributed by atoms with van der Waals surface area (Å²) in [6.07, 6.45) is 1.81. The van der Waals surface area contributed by atoms with Gasteiger partial charge in [-0.2, -0.15) is 0 Å². The molecule has 1 heteroatoms. The second-order valence-electron chi connectivity index (χ2n) is 3.30. The number of pyridine rings is 1. The summed E-state index contributed by atoms with van der Waals surface area (Å²) in [7, 11) is 0. The molecule has 64 valence electrons. The van der Waals surface area contributed by atoms with Gasteiger partial charge < -0.3 is 0 Å². The molecule has 0 radical (unpaired) electrons. The zero-order valence-corrected chi connectivity index (χ0v) is 7.96. The van der Waals surface area contributed by atoms with Crippen molar-refractivity contribution in [3.8, 4) is 0 Å². The van der Waals surface area contributed by atoms with E-state index in [1.807, 2.05) is 6.92 Å². The van der Waals surface area contributed by atoms with Crippen LogP contribution >= 0.6 is 0 Å². The van der Waals surface area contributed by atoms with E-state index in [0.29, 0.717) is 5.92 Å². The summed E-state index contributed by atoms with van der Waals surface area (Å²) in [5, 5.41) is 0. The monoisotopic (exact) mass is 161 g/mol. The summed E-state index contributed by atoms with van der Waals surface area (Å²) in [6.45, 7) is 10.1. The van der Waals surface area contributed by atoms with Gasteiger partial charge >= 0.3 is 0 Å². The zero-order chi connectivity index (χ0) is 9.14. The van der Waals surface area contributed by atoms with Gasteiger partial charge in [-0.1, -0.05) is 26.5 Å². The Morgan fingerprint density at radius 1 is 1.42 bits per heavy atom. The summed E-state index contributed by atoms with van der Waals surface area (Å²) >= 11 is 0. The Labute approximate surface area is 74.2 Å². The first kappa shape index (κ1) is 8.98. The number of aryl methyl sites for hydroxylation is 1. The van der Waals surface area contributed by atoms with Crippen LogP contribution in [-0.2, 0) is 0 Å². The molecule has 0 spiro atoms. The first-order valence-corrected chi connectivity index (χ1v) is 4.25. The molecule has 0 saturated heterocycles. The Kier molecular flexibility index (Phi) is 2.64. The molecule has 1 rings (SSSR count). The minimum absolute atomic E-state index is 0.490. The minimum Gasteiger partial charge on any atom is -0.253 e. The molecule has 1 nitrogen and oxygen atoms in total. The number of aromatic nitrogens is 1. The topological polar surface area (TPSA) is 12.9 Å². The molecule has 0 aliphatic carbocycles. The van der Waals surface area contributed by atoms with Crippen LogP contribution in [0, 0.1) is 6.92 Å². The molecule has 0 bridgehead atoms. The fourth-order valence-corrected chi connectivity index (χ4v) is 1.09. The quantitative estimate of drug-likeness (QED) is 0.649. The lowest BCUT2D eigenvalue weighted by Crippen LogP contribution is -1.95. The van der Waals surface area contributed by atoms with Crippen molar-refractivity contribution in [2.45, 2.75) is 26.7 Å². The van der Waals surface area contributed by atoms with Crippen molar-refractivity contribution in [1.82, 2.24) is 4.98 Å². The first-order chi connectivity index (χ1) is 5.65. The normalized spacial score (nSPS) is 10.3. The van der Waals surface area contributed by atoms with Crippen LogP contribution in [0.4, 0.5) is 0 Å². The van der Waals surface area contributed by atoms with Gasteiger partial charge in [0.2, 0.25) is 0 Å². The van der Waals surface area contributed by atoms with E-state index in [0.717, 1.165) is 11.4 Å². The standard InChI is InChI=1S/C11H15N/c1-5-10-9(4)6-7-11(12-10)8(2)3/h5-8H,1H2,2-4H3. The van der Waals surface area contributed by atoms with Crippen molar-refractivity contribution in [2.24, 2.45) is 0 Å². The van der Waals surface area contributed by atoms with Crippen LogP contribution in [0.3, 0.4) is 0 Å². The van der Waals surface area contributed by atoms with E-state index in [-0.39, 0.29) is 0 Å². The lowest BCUT2D eigenvalue weighted by molar-refractivity contribution is 0.819. The van der Waals surface area contributed by atoms with Gasteiger partial charge in [-0.15, -0.1) is 0 Å². The van der Waals surface area contributed by atoms with Gasteiger partial charge in [0.1, 0.15) is 0 Å². The Morgan fingerprint density at radius 3 is 2.58 bits per heavy atom. The third-order valence-electron chi connectivity index (χ3n) is 1.94. The van der Waals surface area contributed by atoms with Gasteiger partial charge in [0.25, 0.3) is 0 Å². The van der Waals surface area contributed by atoms with Crippen molar-refractivity contribution in [1.29, 1.82) is 0 Å². The molecule has 0 fully saturated rings. The van der Waals surface area contributed by atoms with E-state index < -0.39 is 0 Å². The Bertz CT molecular complexity index is 287. The van der Waals surface area contributed by atoms with Gasteiger partial charge in [0, 0.05) is 5.69 Å². The number of hydrogen-bond donors (Lipinski definition) is 0. The fourth-order valence-electron chi connectivity index (χ4n) is 1.09. The largest absolute Gasteiger partial charge is 0.253 e. The zero-order valence-electron chi connectivity index (χ0n) is 7.96. The maximum atomic E-state index is 4.47. The Balaban J connectivity index is 3.13. The molecule has 1 aromatic heterocycles. The van der Waals surface area contributed by atoms with Crippen LogP contribution < -0.4 is 0 Å². The predicted octanol–water partition coefficient (Wildman–Crippen LogP) is 3.16. The maximum absolute atomic E-state index is 4.47. The third-order valence-corrected chi connectivity index (χ3v) is 1.94. The molecule has 0 amide bonds. The highest BCUT2D eigenvalue weighted by atomic mass is 14.7. The van der Waals surface area contributed by atoms with Gasteiger partial charge in [-0.3, -0.25) is 4.98 Å². The van der Waals surface area contributed by atoms with Crippen LogP contribution in [0.2, 0.25) is 0 Å². The molecule has 0 N–H and O–H groups in total. The summed E-state index contributed by atoms with van der Waals surface area (Å²) in [4.78, 5) is 4.47. The summed E-state index contributed by atoms with van der Waals surface area (Å²) in [5.41, 5.74) is 3.33. The van der Waals surface area contributed by atoms with Gasteiger partial charge in [-0.05, 0) is 30.5 Å². The van der Waals surface area contributed by atoms with Crippen LogP contribution in [0.1, 0.15) is 36.7 Å². The summed E-state index contributed by atoms with van der Waals surface area (Å²) < 4.78 is 0. The third kappa shape index (κ3) is 1.73. The van der Waals surface area contributed by atoms with Crippen molar-refractivity contribution < 1.29 is 0 Å². The summed E-state index contributed by atoms with van der Waals surface area (Å²) in [6, 6.07) is 4.17. The van der Waals surface area contributed by atoms with Crippen molar-refractivity contribution >= 4 is 6.08 Å². The van der Waals surface area contributed by atoms with E-state index in [1.165, 1.54) is 5.56 Å².